The topological polar surface area (TPSA) is 33.1 Å². The molecule has 0 saturated heterocycles. The number of aliphatic hydroxyl groups excluding tert-OH is 1. The van der Waals surface area contributed by atoms with Gasteiger partial charge in [0.2, 0.25) is 0 Å². The van der Waals surface area contributed by atoms with Crippen LogP contribution in [0.25, 0.3) is 0 Å². The predicted molar refractivity (Wildman–Crippen MR) is 46.2 cm³/mol. The Morgan fingerprint density at radius 2 is 1.82 bits per heavy atom. The van der Waals surface area contributed by atoms with E-state index in [0.29, 0.717) is 0 Å². The summed E-state index contributed by atoms with van der Waals surface area (Å²) >= 11 is 0. The van der Waals surface area contributed by atoms with Gasteiger partial charge in [-0.15, -0.1) is 0 Å². The first-order chi connectivity index (χ1) is 5.41. The number of aliphatic hydroxyl groups is 1. The Kier molecular flexibility index (Phi) is 7.23. The highest BCUT2D eigenvalue weighted by atomic mass is 16.2. The molecule has 1 heterocycles. The highest BCUT2D eigenvalue weighted by molar-refractivity contribution is 4.91. The van der Waals surface area contributed by atoms with E-state index in [4.69, 9.17) is 5.11 Å². The lowest BCUT2D eigenvalue weighted by Crippen LogP contribution is -1.58. The van der Waals surface area contributed by atoms with Crippen molar-refractivity contribution in [1.82, 2.24) is 4.98 Å². The highest BCUT2D eigenvalue weighted by Gasteiger charge is 1.58. The second kappa shape index (κ2) is 8.43. The first-order valence-corrected chi connectivity index (χ1v) is 3.18. The molecule has 11 heavy (non-hydrogen) atoms. The smallest absolute Gasteiger partial charge is 0.0791 e. The third-order valence-electron chi connectivity index (χ3n) is 0.789. The molecule has 0 bridgehead atoms. The Labute approximate surface area is 66.5 Å². The van der Waals surface area contributed by atoms with E-state index in [0.717, 1.165) is 6.26 Å². The summed E-state index contributed by atoms with van der Waals surface area (Å²) in [5.41, 5.74) is 0. The van der Waals surface area contributed by atoms with Gasteiger partial charge < -0.3 is 5.11 Å². The largest absolute Gasteiger partial charge is 0.516 e. The molecule has 0 aliphatic heterocycles. The molecule has 0 fully saturated rings. The number of hydrogen-bond donors (Lipinski definition) is 1. The highest BCUT2D eigenvalue weighted by Crippen LogP contribution is 1.73. The maximum absolute atomic E-state index is 7.81. The van der Waals surface area contributed by atoms with Gasteiger partial charge in [-0.3, -0.25) is 4.98 Å². The molecule has 0 atom stereocenters. The summed E-state index contributed by atoms with van der Waals surface area (Å²) in [5, 5.41) is 7.81. The van der Waals surface area contributed by atoms with Crippen molar-refractivity contribution < 1.29 is 5.11 Å². The number of pyridine rings is 1. The van der Waals surface area contributed by atoms with Crippen molar-refractivity contribution in [1.29, 1.82) is 0 Å². The SMILES string of the molecule is C=CC=CO.c1ccncc1. The van der Waals surface area contributed by atoms with Gasteiger partial charge in [-0.25, -0.2) is 0 Å². The van der Waals surface area contributed by atoms with Crippen LogP contribution in [-0.2, 0) is 0 Å². The maximum Gasteiger partial charge on any atom is 0.0791 e. The zero-order chi connectivity index (χ0) is 8.36. The van der Waals surface area contributed by atoms with Gasteiger partial charge in [0.25, 0.3) is 0 Å². The normalized spacial score (nSPS) is 8.36. The first kappa shape index (κ1) is 9.43. The van der Waals surface area contributed by atoms with Crippen molar-refractivity contribution in [2.75, 3.05) is 0 Å². The predicted octanol–water partition coefficient (Wildman–Crippen LogP) is 2.33. The molecule has 0 aliphatic rings. The molecule has 0 radical (unpaired) electrons. The molecule has 2 nitrogen and oxygen atoms in total. The molecule has 0 amide bonds. The Morgan fingerprint density at radius 3 is 1.91 bits per heavy atom. The Bertz CT molecular complexity index is 167. The van der Waals surface area contributed by atoms with Gasteiger partial charge >= 0.3 is 0 Å². The molecule has 1 N–H and O–H groups in total. The van der Waals surface area contributed by atoms with Gasteiger partial charge in [0, 0.05) is 12.4 Å². The van der Waals surface area contributed by atoms with Crippen LogP contribution in [0.5, 0.6) is 0 Å². The molecule has 1 aromatic heterocycles. The fraction of sp³-hybridized carbons (Fsp3) is 0. The third kappa shape index (κ3) is 8.43. The van der Waals surface area contributed by atoms with E-state index in [9.17, 15) is 0 Å². The van der Waals surface area contributed by atoms with Gasteiger partial charge in [-0.1, -0.05) is 18.7 Å². The van der Waals surface area contributed by atoms with Crippen LogP contribution < -0.4 is 0 Å². The molecule has 1 aromatic rings. The molecule has 0 saturated carbocycles. The molecule has 0 spiro atoms. The second-order valence-electron chi connectivity index (χ2n) is 1.60. The number of allylic oxidation sites excluding steroid dienone is 2. The van der Waals surface area contributed by atoms with E-state index < -0.39 is 0 Å². The summed E-state index contributed by atoms with van der Waals surface area (Å²) in [6.45, 7) is 3.30. The number of nitrogens with zero attached hydrogens (tertiary/aromatic N) is 1. The minimum Gasteiger partial charge on any atom is -0.516 e. The van der Waals surface area contributed by atoms with E-state index in [1.54, 1.807) is 12.4 Å². The van der Waals surface area contributed by atoms with Crippen LogP contribution in [0, 0.1) is 0 Å². The van der Waals surface area contributed by atoms with Crippen LogP contribution in [-0.4, -0.2) is 10.1 Å². The van der Waals surface area contributed by atoms with Gasteiger partial charge in [-0.05, 0) is 18.2 Å². The molecule has 2 heteroatoms. The quantitative estimate of drug-likeness (QED) is 0.491. The molecule has 0 aromatic carbocycles. The van der Waals surface area contributed by atoms with Crippen molar-refractivity contribution in [3.8, 4) is 0 Å². The molecular formula is C9H11NO. The van der Waals surface area contributed by atoms with Crippen LogP contribution in [0.15, 0.2) is 55.6 Å². The average molecular weight is 149 g/mol. The molecular weight excluding hydrogens is 138 g/mol. The van der Waals surface area contributed by atoms with Gasteiger partial charge in [0.15, 0.2) is 0 Å². The molecule has 0 aliphatic carbocycles. The van der Waals surface area contributed by atoms with Crippen molar-refractivity contribution >= 4 is 0 Å². The zero-order valence-corrected chi connectivity index (χ0v) is 6.22. The van der Waals surface area contributed by atoms with Crippen molar-refractivity contribution in [3.05, 3.63) is 55.6 Å². The summed E-state index contributed by atoms with van der Waals surface area (Å²) in [4.78, 5) is 3.78. The van der Waals surface area contributed by atoms with E-state index in [1.807, 2.05) is 18.2 Å². The average Bonchev–Trinajstić information content (AvgIpc) is 2.10. The lowest BCUT2D eigenvalue weighted by atomic mass is 10.5. The van der Waals surface area contributed by atoms with E-state index in [1.165, 1.54) is 12.2 Å². The monoisotopic (exact) mass is 149 g/mol. The summed E-state index contributed by atoms with van der Waals surface area (Å²) in [6.07, 6.45) is 7.38. The fourth-order valence-corrected chi connectivity index (χ4v) is 0.373. The van der Waals surface area contributed by atoms with Crippen LogP contribution >= 0.6 is 0 Å². The lowest BCUT2D eigenvalue weighted by Gasteiger charge is -1.70. The van der Waals surface area contributed by atoms with E-state index >= 15 is 0 Å². The zero-order valence-electron chi connectivity index (χ0n) is 6.22. The van der Waals surface area contributed by atoms with E-state index in [-0.39, 0.29) is 0 Å². The van der Waals surface area contributed by atoms with Gasteiger partial charge in [0.05, 0.1) is 6.26 Å². The standard InChI is InChI=1S/C5H5N.C4H6O/c1-2-4-6-5-3-1;1-2-3-4-5/h1-5H;2-5H,1H2. The van der Waals surface area contributed by atoms with Gasteiger partial charge in [-0.2, -0.15) is 0 Å². The molecule has 58 valence electrons. The van der Waals surface area contributed by atoms with E-state index in [2.05, 4.69) is 11.6 Å². The summed E-state index contributed by atoms with van der Waals surface area (Å²) in [7, 11) is 0. The van der Waals surface area contributed by atoms with Crippen LogP contribution in [0.3, 0.4) is 0 Å². The first-order valence-electron chi connectivity index (χ1n) is 3.18. The molecule has 1 rings (SSSR count). The van der Waals surface area contributed by atoms with Gasteiger partial charge in [0.1, 0.15) is 0 Å². The van der Waals surface area contributed by atoms with Crippen molar-refractivity contribution in [2.24, 2.45) is 0 Å². The minimum atomic E-state index is 0.938. The fourth-order valence-electron chi connectivity index (χ4n) is 0.373. The van der Waals surface area contributed by atoms with Crippen molar-refractivity contribution in [2.45, 2.75) is 0 Å². The lowest BCUT2D eigenvalue weighted by molar-refractivity contribution is 0.474. The van der Waals surface area contributed by atoms with Crippen molar-refractivity contribution in [3.63, 3.8) is 0 Å². The second-order valence-corrected chi connectivity index (χ2v) is 1.60. The molecule has 0 unspecified atom stereocenters. The third-order valence-corrected chi connectivity index (χ3v) is 0.789. The number of aromatic nitrogens is 1. The Balaban J connectivity index is 0.000000187. The number of rotatable bonds is 1. The Hall–Kier alpha value is -1.57. The summed E-state index contributed by atoms with van der Waals surface area (Å²) in [5.74, 6) is 0. The van der Waals surface area contributed by atoms with Crippen LogP contribution in [0.2, 0.25) is 0 Å². The van der Waals surface area contributed by atoms with Crippen LogP contribution in [0.1, 0.15) is 0 Å². The summed E-state index contributed by atoms with van der Waals surface area (Å²) in [6, 6.07) is 5.72. The van der Waals surface area contributed by atoms with Crippen LogP contribution in [0.4, 0.5) is 0 Å². The Morgan fingerprint density at radius 1 is 1.18 bits per heavy atom. The number of hydrogen-bond acceptors (Lipinski definition) is 2. The minimum absolute atomic E-state index is 0.938. The summed E-state index contributed by atoms with van der Waals surface area (Å²) < 4.78 is 0. The maximum atomic E-state index is 7.81.